The summed E-state index contributed by atoms with van der Waals surface area (Å²) in [6, 6.07) is 2.08. The second-order valence-electron chi connectivity index (χ2n) is 2.07. The molecule has 1 aromatic heterocycles. The maximum absolute atomic E-state index is 8.39. The van der Waals surface area contributed by atoms with E-state index in [-0.39, 0.29) is 5.92 Å². The van der Waals surface area contributed by atoms with Crippen LogP contribution in [0.5, 0.6) is 0 Å². The molecule has 0 aliphatic heterocycles. The smallest absolute Gasteiger partial charge is 0.227 e. The van der Waals surface area contributed by atoms with Crippen LogP contribution >= 0.6 is 0 Å². The fourth-order valence-electron chi connectivity index (χ4n) is 0.593. The highest BCUT2D eigenvalue weighted by Crippen LogP contribution is 2.02. The second kappa shape index (κ2) is 2.97. The standard InChI is InChI=1S/C6H7N3O/c1-5(3-7)2-6-8-4-9-10-6/h4-5H,2H2,1H3. The lowest BCUT2D eigenvalue weighted by Crippen LogP contribution is -1.95. The minimum absolute atomic E-state index is 0.0551. The molecular formula is C6H7N3O. The highest BCUT2D eigenvalue weighted by molar-refractivity contribution is 4.87. The van der Waals surface area contributed by atoms with Crippen LogP contribution in [-0.2, 0) is 6.42 Å². The number of aromatic nitrogens is 2. The summed E-state index contributed by atoms with van der Waals surface area (Å²) in [5.41, 5.74) is 0. The zero-order valence-corrected chi connectivity index (χ0v) is 5.61. The van der Waals surface area contributed by atoms with Crippen LogP contribution in [0.15, 0.2) is 10.9 Å². The summed E-state index contributed by atoms with van der Waals surface area (Å²) in [6.45, 7) is 1.81. The molecule has 0 saturated heterocycles. The SMILES string of the molecule is CC(C#N)Cc1ncno1. The molecule has 0 bridgehead atoms. The maximum atomic E-state index is 8.39. The highest BCUT2D eigenvalue weighted by Gasteiger charge is 2.04. The van der Waals surface area contributed by atoms with E-state index in [2.05, 4.69) is 16.2 Å². The van der Waals surface area contributed by atoms with Crippen LogP contribution in [0.2, 0.25) is 0 Å². The molecule has 0 N–H and O–H groups in total. The summed E-state index contributed by atoms with van der Waals surface area (Å²) in [6.07, 6.45) is 1.87. The van der Waals surface area contributed by atoms with Gasteiger partial charge in [-0.25, -0.2) is 0 Å². The first-order chi connectivity index (χ1) is 4.83. The monoisotopic (exact) mass is 137 g/mol. The van der Waals surface area contributed by atoms with Gasteiger partial charge in [0.25, 0.3) is 0 Å². The van der Waals surface area contributed by atoms with Crippen LogP contribution < -0.4 is 0 Å². The topological polar surface area (TPSA) is 62.7 Å². The van der Waals surface area contributed by atoms with Crippen LogP contribution in [0, 0.1) is 17.2 Å². The molecule has 0 aliphatic carbocycles. The first-order valence-corrected chi connectivity index (χ1v) is 2.98. The Morgan fingerprint density at radius 1 is 1.90 bits per heavy atom. The number of rotatable bonds is 2. The van der Waals surface area contributed by atoms with Gasteiger partial charge < -0.3 is 4.52 Å². The Morgan fingerprint density at radius 2 is 2.70 bits per heavy atom. The predicted molar refractivity (Wildman–Crippen MR) is 32.8 cm³/mol. The minimum atomic E-state index is -0.0551. The van der Waals surface area contributed by atoms with Crippen LogP contribution in [0.3, 0.4) is 0 Å². The molecular weight excluding hydrogens is 130 g/mol. The quantitative estimate of drug-likeness (QED) is 0.604. The Bertz CT molecular complexity index is 224. The Kier molecular flexibility index (Phi) is 2.00. The molecule has 1 rings (SSSR count). The third kappa shape index (κ3) is 1.55. The average molecular weight is 137 g/mol. The van der Waals surface area contributed by atoms with Crippen LogP contribution in [0.4, 0.5) is 0 Å². The van der Waals surface area contributed by atoms with Crippen molar-refractivity contribution in [3.8, 4) is 6.07 Å². The highest BCUT2D eigenvalue weighted by atomic mass is 16.5. The summed E-state index contributed by atoms with van der Waals surface area (Å²) < 4.78 is 4.69. The molecule has 0 amide bonds. The molecule has 0 fully saturated rings. The fraction of sp³-hybridized carbons (Fsp3) is 0.500. The zero-order valence-electron chi connectivity index (χ0n) is 5.61. The van der Waals surface area contributed by atoms with Crippen molar-refractivity contribution < 1.29 is 4.52 Å². The summed E-state index contributed by atoms with van der Waals surface area (Å²) in [5.74, 6) is 0.467. The van der Waals surface area contributed by atoms with Crippen LogP contribution in [0.1, 0.15) is 12.8 Å². The predicted octanol–water partition coefficient (Wildman–Crippen LogP) is 0.772. The molecule has 1 aromatic rings. The molecule has 0 spiro atoms. The van der Waals surface area contributed by atoms with Gasteiger partial charge in [-0.05, 0) is 6.92 Å². The van der Waals surface area contributed by atoms with E-state index < -0.39 is 0 Å². The van der Waals surface area contributed by atoms with Gasteiger partial charge in [0, 0.05) is 6.42 Å². The molecule has 1 atom stereocenters. The van der Waals surface area contributed by atoms with Crippen molar-refractivity contribution in [2.24, 2.45) is 5.92 Å². The van der Waals surface area contributed by atoms with Crippen LogP contribution in [-0.4, -0.2) is 10.1 Å². The van der Waals surface area contributed by atoms with E-state index in [9.17, 15) is 0 Å². The molecule has 0 radical (unpaired) electrons. The van der Waals surface area contributed by atoms with Crippen molar-refractivity contribution in [2.75, 3.05) is 0 Å². The summed E-state index contributed by atoms with van der Waals surface area (Å²) in [5, 5.41) is 11.8. The third-order valence-corrected chi connectivity index (χ3v) is 1.11. The zero-order chi connectivity index (χ0) is 7.40. The van der Waals surface area contributed by atoms with Crippen molar-refractivity contribution in [1.29, 1.82) is 5.26 Å². The Labute approximate surface area is 58.5 Å². The van der Waals surface area contributed by atoms with Gasteiger partial charge in [-0.2, -0.15) is 10.2 Å². The number of nitrogens with zero attached hydrogens (tertiary/aromatic N) is 3. The molecule has 0 aromatic carbocycles. The van der Waals surface area contributed by atoms with Crippen molar-refractivity contribution >= 4 is 0 Å². The van der Waals surface area contributed by atoms with Crippen molar-refractivity contribution in [1.82, 2.24) is 10.1 Å². The van der Waals surface area contributed by atoms with Gasteiger partial charge in [0.1, 0.15) is 0 Å². The lowest BCUT2D eigenvalue weighted by molar-refractivity contribution is 0.368. The van der Waals surface area contributed by atoms with E-state index in [1.165, 1.54) is 6.33 Å². The normalized spacial score (nSPS) is 12.4. The van der Waals surface area contributed by atoms with Crippen molar-refractivity contribution in [2.45, 2.75) is 13.3 Å². The van der Waals surface area contributed by atoms with E-state index in [4.69, 9.17) is 9.78 Å². The Balaban J connectivity index is 2.50. The number of nitriles is 1. The Hall–Kier alpha value is -1.37. The van der Waals surface area contributed by atoms with E-state index >= 15 is 0 Å². The second-order valence-corrected chi connectivity index (χ2v) is 2.07. The Morgan fingerprint density at radius 3 is 3.20 bits per heavy atom. The molecule has 0 saturated carbocycles. The molecule has 52 valence electrons. The molecule has 1 heterocycles. The van der Waals surface area contributed by atoms with Crippen molar-refractivity contribution in [3.05, 3.63) is 12.2 Å². The average Bonchev–Trinajstić information content (AvgIpc) is 2.40. The molecule has 4 heteroatoms. The summed E-state index contributed by atoms with van der Waals surface area (Å²) >= 11 is 0. The van der Waals surface area contributed by atoms with Gasteiger partial charge >= 0.3 is 0 Å². The van der Waals surface area contributed by atoms with Gasteiger partial charge in [0.2, 0.25) is 5.89 Å². The van der Waals surface area contributed by atoms with E-state index in [0.29, 0.717) is 12.3 Å². The summed E-state index contributed by atoms with van der Waals surface area (Å²) in [7, 11) is 0. The van der Waals surface area contributed by atoms with Gasteiger partial charge in [0.05, 0.1) is 12.0 Å². The van der Waals surface area contributed by atoms with Gasteiger partial charge in [-0.3, -0.25) is 0 Å². The third-order valence-electron chi connectivity index (χ3n) is 1.11. The molecule has 10 heavy (non-hydrogen) atoms. The lowest BCUT2D eigenvalue weighted by atomic mass is 10.1. The van der Waals surface area contributed by atoms with Gasteiger partial charge in [0.15, 0.2) is 6.33 Å². The van der Waals surface area contributed by atoms with E-state index in [1.807, 2.05) is 6.92 Å². The van der Waals surface area contributed by atoms with Gasteiger partial charge in [-0.15, -0.1) is 0 Å². The summed E-state index contributed by atoms with van der Waals surface area (Å²) in [4.78, 5) is 3.78. The number of hydrogen-bond acceptors (Lipinski definition) is 4. The first-order valence-electron chi connectivity index (χ1n) is 2.98. The molecule has 1 unspecified atom stereocenters. The maximum Gasteiger partial charge on any atom is 0.227 e. The molecule has 4 nitrogen and oxygen atoms in total. The van der Waals surface area contributed by atoms with E-state index in [0.717, 1.165) is 0 Å². The van der Waals surface area contributed by atoms with Crippen molar-refractivity contribution in [3.63, 3.8) is 0 Å². The first kappa shape index (κ1) is 6.75. The van der Waals surface area contributed by atoms with Gasteiger partial charge in [-0.1, -0.05) is 5.16 Å². The molecule has 0 aliphatic rings. The van der Waals surface area contributed by atoms with E-state index in [1.54, 1.807) is 0 Å². The fourth-order valence-corrected chi connectivity index (χ4v) is 0.593. The number of hydrogen-bond donors (Lipinski definition) is 0. The minimum Gasteiger partial charge on any atom is -0.340 e. The largest absolute Gasteiger partial charge is 0.340 e. The van der Waals surface area contributed by atoms with Crippen LogP contribution in [0.25, 0.3) is 0 Å². The lowest BCUT2D eigenvalue weighted by Gasteiger charge is -1.92.